The van der Waals surface area contributed by atoms with Crippen LogP contribution in [0.2, 0.25) is 0 Å². The van der Waals surface area contributed by atoms with Gasteiger partial charge in [0.15, 0.2) is 0 Å². The second kappa shape index (κ2) is 6.92. The number of halogens is 1. The van der Waals surface area contributed by atoms with Crippen molar-refractivity contribution in [1.29, 1.82) is 0 Å². The molecule has 2 aromatic rings. The number of aldehydes is 1. The summed E-state index contributed by atoms with van der Waals surface area (Å²) in [6.45, 7) is 0.865. The molecule has 0 atom stereocenters. The molecule has 0 heterocycles. The number of rotatable bonds is 7. The van der Waals surface area contributed by atoms with Crippen molar-refractivity contribution in [1.82, 2.24) is 0 Å². The monoisotopic (exact) mass is 314 g/mol. The highest BCUT2D eigenvalue weighted by Crippen LogP contribution is 2.48. The van der Waals surface area contributed by atoms with Crippen molar-refractivity contribution in [3.05, 3.63) is 53.3 Å². The van der Waals surface area contributed by atoms with Gasteiger partial charge in [-0.1, -0.05) is 12.1 Å². The Morgan fingerprint density at radius 1 is 1.17 bits per heavy atom. The van der Waals surface area contributed by atoms with Crippen LogP contribution in [0.3, 0.4) is 0 Å². The Bertz CT molecular complexity index is 691. The van der Waals surface area contributed by atoms with Gasteiger partial charge in [-0.25, -0.2) is 4.39 Å². The second-order valence-electron chi connectivity index (χ2n) is 5.72. The summed E-state index contributed by atoms with van der Waals surface area (Å²) in [7, 11) is 1.61. The molecule has 3 rings (SSSR count). The molecule has 1 aliphatic carbocycles. The molecule has 0 unspecified atom stereocenters. The van der Waals surface area contributed by atoms with Crippen LogP contribution < -0.4 is 4.74 Å². The molecule has 23 heavy (non-hydrogen) atoms. The van der Waals surface area contributed by atoms with Crippen molar-refractivity contribution < 1.29 is 18.7 Å². The standard InChI is InChI=1S/C19H19FO3/c1-22-8-9-23-18-11-13(12-21)10-17(14-2-3-14)19(18)15-4-6-16(20)7-5-15/h4-7,10-12,14H,2-3,8-9H2,1H3. The van der Waals surface area contributed by atoms with Crippen LogP contribution in [-0.4, -0.2) is 26.6 Å². The molecule has 4 heteroatoms. The number of carbonyl (C=O) groups excluding carboxylic acids is 1. The maximum absolute atomic E-state index is 13.2. The van der Waals surface area contributed by atoms with Gasteiger partial charge in [0.25, 0.3) is 0 Å². The fourth-order valence-electron chi connectivity index (χ4n) is 2.72. The maximum Gasteiger partial charge on any atom is 0.150 e. The summed E-state index contributed by atoms with van der Waals surface area (Å²) in [4.78, 5) is 11.2. The molecule has 2 aromatic carbocycles. The van der Waals surface area contributed by atoms with Crippen molar-refractivity contribution in [2.45, 2.75) is 18.8 Å². The van der Waals surface area contributed by atoms with E-state index in [1.807, 2.05) is 6.07 Å². The quantitative estimate of drug-likeness (QED) is 0.567. The summed E-state index contributed by atoms with van der Waals surface area (Å²) >= 11 is 0. The lowest BCUT2D eigenvalue weighted by Gasteiger charge is -2.17. The molecule has 0 saturated heterocycles. The Morgan fingerprint density at radius 3 is 2.52 bits per heavy atom. The molecule has 3 nitrogen and oxygen atoms in total. The third kappa shape index (κ3) is 3.59. The van der Waals surface area contributed by atoms with E-state index in [4.69, 9.17) is 9.47 Å². The Morgan fingerprint density at radius 2 is 1.91 bits per heavy atom. The first-order chi connectivity index (χ1) is 11.2. The lowest BCUT2D eigenvalue weighted by Crippen LogP contribution is -2.06. The van der Waals surface area contributed by atoms with E-state index >= 15 is 0 Å². The molecule has 1 saturated carbocycles. The van der Waals surface area contributed by atoms with Crippen LogP contribution in [0.4, 0.5) is 4.39 Å². The molecule has 0 amide bonds. The second-order valence-corrected chi connectivity index (χ2v) is 5.72. The number of benzene rings is 2. The van der Waals surface area contributed by atoms with Gasteiger partial charge in [0, 0.05) is 18.2 Å². The Kier molecular flexibility index (Phi) is 4.72. The summed E-state index contributed by atoms with van der Waals surface area (Å²) in [5.74, 6) is 0.827. The minimum atomic E-state index is -0.270. The Labute approximate surface area is 135 Å². The SMILES string of the molecule is COCCOc1cc(C=O)cc(C2CC2)c1-c1ccc(F)cc1. The highest BCUT2D eigenvalue weighted by Gasteiger charge is 2.29. The molecule has 0 spiro atoms. The third-order valence-electron chi connectivity index (χ3n) is 3.99. The summed E-state index contributed by atoms with van der Waals surface area (Å²) in [6.07, 6.45) is 3.05. The predicted octanol–water partition coefficient (Wildman–Crippen LogP) is 4.21. The van der Waals surface area contributed by atoms with Crippen LogP contribution in [0, 0.1) is 5.82 Å². The fraction of sp³-hybridized carbons (Fsp3) is 0.316. The first-order valence-corrected chi connectivity index (χ1v) is 7.73. The predicted molar refractivity (Wildman–Crippen MR) is 86.6 cm³/mol. The van der Waals surface area contributed by atoms with E-state index in [1.54, 1.807) is 25.3 Å². The zero-order valence-electron chi connectivity index (χ0n) is 13.0. The van der Waals surface area contributed by atoms with E-state index in [-0.39, 0.29) is 5.82 Å². The average molecular weight is 314 g/mol. The van der Waals surface area contributed by atoms with Crippen molar-refractivity contribution in [2.75, 3.05) is 20.3 Å². The van der Waals surface area contributed by atoms with Crippen molar-refractivity contribution >= 4 is 6.29 Å². The third-order valence-corrected chi connectivity index (χ3v) is 3.99. The van der Waals surface area contributed by atoms with Crippen LogP contribution in [0.15, 0.2) is 36.4 Å². The summed E-state index contributed by atoms with van der Waals surface area (Å²) in [6, 6.07) is 10.1. The van der Waals surface area contributed by atoms with Crippen molar-refractivity contribution in [2.24, 2.45) is 0 Å². The Balaban J connectivity index is 2.08. The van der Waals surface area contributed by atoms with Gasteiger partial charge in [-0.3, -0.25) is 4.79 Å². The zero-order valence-corrected chi connectivity index (χ0v) is 13.0. The molecule has 0 bridgehead atoms. The molecule has 120 valence electrons. The molecule has 1 fully saturated rings. The summed E-state index contributed by atoms with van der Waals surface area (Å²) in [5.41, 5.74) is 3.56. The van der Waals surface area contributed by atoms with Crippen LogP contribution in [0.25, 0.3) is 11.1 Å². The van der Waals surface area contributed by atoms with E-state index in [9.17, 15) is 9.18 Å². The summed E-state index contributed by atoms with van der Waals surface area (Å²) in [5, 5.41) is 0. The van der Waals surface area contributed by atoms with E-state index < -0.39 is 0 Å². The minimum Gasteiger partial charge on any atom is -0.491 e. The van der Waals surface area contributed by atoms with Crippen molar-refractivity contribution in [3.8, 4) is 16.9 Å². The highest BCUT2D eigenvalue weighted by atomic mass is 19.1. The van der Waals surface area contributed by atoms with Gasteiger partial charge >= 0.3 is 0 Å². The van der Waals surface area contributed by atoms with Gasteiger partial charge in [-0.15, -0.1) is 0 Å². The fourth-order valence-corrected chi connectivity index (χ4v) is 2.72. The van der Waals surface area contributed by atoms with E-state index in [0.29, 0.717) is 30.4 Å². The Hall–Kier alpha value is -2.20. The average Bonchev–Trinajstić information content (AvgIpc) is 3.40. The van der Waals surface area contributed by atoms with Crippen LogP contribution in [0.5, 0.6) is 5.75 Å². The maximum atomic E-state index is 13.2. The van der Waals surface area contributed by atoms with Crippen LogP contribution >= 0.6 is 0 Å². The van der Waals surface area contributed by atoms with Crippen LogP contribution in [-0.2, 0) is 4.74 Å². The van der Waals surface area contributed by atoms with E-state index in [2.05, 4.69) is 0 Å². The smallest absolute Gasteiger partial charge is 0.150 e. The molecule has 0 aliphatic heterocycles. The molecular formula is C19H19FO3. The minimum absolute atomic E-state index is 0.270. The normalized spacial score (nSPS) is 13.8. The van der Waals surface area contributed by atoms with Gasteiger partial charge in [-0.05, 0) is 54.2 Å². The molecule has 1 aliphatic rings. The van der Waals surface area contributed by atoms with Gasteiger partial charge in [0.05, 0.1) is 6.61 Å². The van der Waals surface area contributed by atoms with Gasteiger partial charge < -0.3 is 9.47 Å². The van der Waals surface area contributed by atoms with Crippen LogP contribution in [0.1, 0.15) is 34.7 Å². The first-order valence-electron chi connectivity index (χ1n) is 7.73. The number of ether oxygens (including phenoxy) is 2. The largest absolute Gasteiger partial charge is 0.491 e. The lowest BCUT2D eigenvalue weighted by molar-refractivity contribution is 0.112. The zero-order chi connectivity index (χ0) is 16.2. The van der Waals surface area contributed by atoms with Gasteiger partial charge in [-0.2, -0.15) is 0 Å². The van der Waals surface area contributed by atoms with Gasteiger partial charge in [0.2, 0.25) is 0 Å². The summed E-state index contributed by atoms with van der Waals surface area (Å²) < 4.78 is 24.1. The number of hydrogen-bond donors (Lipinski definition) is 0. The number of methoxy groups -OCH3 is 1. The number of carbonyl (C=O) groups is 1. The van der Waals surface area contributed by atoms with Crippen molar-refractivity contribution in [3.63, 3.8) is 0 Å². The van der Waals surface area contributed by atoms with E-state index in [1.165, 1.54) is 12.1 Å². The molecule has 0 radical (unpaired) electrons. The molecule has 0 N–H and O–H groups in total. The topological polar surface area (TPSA) is 35.5 Å². The van der Waals surface area contributed by atoms with Gasteiger partial charge in [0.1, 0.15) is 24.5 Å². The molecule has 0 aromatic heterocycles. The van der Waals surface area contributed by atoms with E-state index in [0.717, 1.165) is 35.8 Å². The molecular weight excluding hydrogens is 295 g/mol. The first kappa shape index (κ1) is 15.7. The highest BCUT2D eigenvalue weighted by molar-refractivity contribution is 5.83. The number of hydrogen-bond acceptors (Lipinski definition) is 3. The lowest BCUT2D eigenvalue weighted by atomic mass is 9.93.